The van der Waals surface area contributed by atoms with Gasteiger partial charge in [-0.25, -0.2) is 0 Å². The molecule has 0 saturated carbocycles. The van der Waals surface area contributed by atoms with Crippen LogP contribution in [0, 0.1) is 0 Å². The highest BCUT2D eigenvalue weighted by Gasteiger charge is 2.34. The smallest absolute Gasteiger partial charge is 0.196 e. The molecule has 0 bridgehead atoms. The average Bonchev–Trinajstić information content (AvgIpc) is 2.68. The van der Waals surface area contributed by atoms with Crippen molar-refractivity contribution < 1.29 is 18.4 Å². The first kappa shape index (κ1) is 18.4. The van der Waals surface area contributed by atoms with Crippen molar-refractivity contribution in [3.8, 4) is 0 Å². The quantitative estimate of drug-likeness (QED) is 0.393. The number of carbonyl (C=O) groups is 2. The lowest BCUT2D eigenvalue weighted by Gasteiger charge is -2.24. The van der Waals surface area contributed by atoms with Crippen molar-refractivity contribution in [2.75, 3.05) is 11.5 Å². The predicted octanol–water partition coefficient (Wildman–Crippen LogP) is 3.02. The lowest BCUT2D eigenvalue weighted by Crippen LogP contribution is -2.24. The molecule has 0 radical (unpaired) electrons. The van der Waals surface area contributed by atoms with E-state index in [-0.39, 0.29) is 38.6 Å². The Morgan fingerprint density at radius 3 is 2.00 bits per heavy atom. The first-order valence-electron chi connectivity index (χ1n) is 8.16. The lowest BCUT2D eigenvalue weighted by atomic mass is 9.83. The summed E-state index contributed by atoms with van der Waals surface area (Å²) in [5.41, 5.74) is 12.6. The molecular formula is C20H13N2O4S2-. The molecule has 1 aliphatic rings. The zero-order chi connectivity index (χ0) is 20.0. The van der Waals surface area contributed by atoms with Gasteiger partial charge >= 0.3 is 0 Å². The summed E-state index contributed by atoms with van der Waals surface area (Å²) >= 11 is -1.49. The number of rotatable bonds is 3. The lowest BCUT2D eigenvalue weighted by molar-refractivity contribution is 0.0977. The van der Waals surface area contributed by atoms with Crippen LogP contribution < -0.4 is 11.5 Å². The molecule has 0 aromatic heterocycles. The number of anilines is 2. The predicted molar refractivity (Wildman–Crippen MR) is 106 cm³/mol. The van der Waals surface area contributed by atoms with Gasteiger partial charge in [0.15, 0.2) is 11.6 Å². The Morgan fingerprint density at radius 1 is 0.857 bits per heavy atom. The van der Waals surface area contributed by atoms with Gasteiger partial charge in [-0.1, -0.05) is 36.0 Å². The third-order valence-corrected chi connectivity index (χ3v) is 6.20. The molecule has 1 atom stereocenters. The van der Waals surface area contributed by atoms with E-state index in [1.807, 2.05) is 0 Å². The summed E-state index contributed by atoms with van der Waals surface area (Å²) in [7, 11) is 0. The van der Waals surface area contributed by atoms with Gasteiger partial charge in [0.25, 0.3) is 0 Å². The minimum atomic E-state index is -2.67. The molecule has 4 rings (SSSR count). The second-order valence-electron chi connectivity index (χ2n) is 6.15. The van der Waals surface area contributed by atoms with Gasteiger partial charge in [-0.05, 0) is 41.4 Å². The summed E-state index contributed by atoms with van der Waals surface area (Å²) in [4.78, 5) is 27.1. The van der Waals surface area contributed by atoms with Crippen LogP contribution in [-0.4, -0.2) is 20.3 Å². The summed E-state index contributed by atoms with van der Waals surface area (Å²) in [5.74, 6) is -0.827. The molecular weight excluding hydrogens is 396 g/mol. The molecule has 0 saturated heterocycles. The van der Waals surface area contributed by atoms with E-state index in [0.717, 1.165) is 4.90 Å². The first-order valence-corrected chi connectivity index (χ1v) is 10.0. The van der Waals surface area contributed by atoms with Crippen molar-refractivity contribution >= 4 is 45.8 Å². The van der Waals surface area contributed by atoms with Crippen LogP contribution in [0.4, 0.5) is 11.4 Å². The van der Waals surface area contributed by atoms with Crippen LogP contribution in [0.3, 0.4) is 0 Å². The highest BCUT2D eigenvalue weighted by atomic mass is 32.2. The van der Waals surface area contributed by atoms with Gasteiger partial charge in [-0.15, -0.1) is 0 Å². The fourth-order valence-corrected chi connectivity index (χ4v) is 4.71. The molecule has 0 aliphatic heterocycles. The van der Waals surface area contributed by atoms with E-state index in [0.29, 0.717) is 10.6 Å². The number of hydrogen-bond donors (Lipinski definition) is 2. The Balaban J connectivity index is 1.98. The summed E-state index contributed by atoms with van der Waals surface area (Å²) < 4.78 is 23.4. The second kappa shape index (κ2) is 6.90. The van der Waals surface area contributed by atoms with Gasteiger partial charge in [-0.3, -0.25) is 13.8 Å². The molecule has 3 aromatic carbocycles. The van der Waals surface area contributed by atoms with E-state index >= 15 is 0 Å². The SMILES string of the molecule is Nc1ccc(Sc2cc(S(=O)[O-])c(N)c3c2C(=O)c2ccccc2C3=O)cc1. The van der Waals surface area contributed by atoms with E-state index in [1.54, 1.807) is 42.5 Å². The molecule has 140 valence electrons. The van der Waals surface area contributed by atoms with E-state index in [2.05, 4.69) is 0 Å². The van der Waals surface area contributed by atoms with Crippen molar-refractivity contribution in [2.24, 2.45) is 0 Å². The summed E-state index contributed by atoms with van der Waals surface area (Å²) in [5, 5.41) is 0. The van der Waals surface area contributed by atoms with Crippen molar-refractivity contribution in [2.45, 2.75) is 14.7 Å². The Labute approximate surface area is 167 Å². The molecule has 0 spiro atoms. The van der Waals surface area contributed by atoms with Crippen LogP contribution in [0.2, 0.25) is 0 Å². The van der Waals surface area contributed by atoms with Crippen molar-refractivity contribution in [1.82, 2.24) is 0 Å². The molecule has 28 heavy (non-hydrogen) atoms. The van der Waals surface area contributed by atoms with Crippen molar-refractivity contribution in [1.29, 1.82) is 0 Å². The summed E-state index contributed by atoms with van der Waals surface area (Å²) in [6.07, 6.45) is 0. The number of fused-ring (bicyclic) bond motifs is 2. The van der Waals surface area contributed by atoms with Gasteiger partial charge in [-0.2, -0.15) is 0 Å². The minimum Gasteiger partial charge on any atom is -0.768 e. The third kappa shape index (κ3) is 2.91. The maximum atomic E-state index is 13.2. The van der Waals surface area contributed by atoms with Crippen molar-refractivity contribution in [3.05, 3.63) is 76.9 Å². The highest BCUT2D eigenvalue weighted by Crippen LogP contribution is 2.42. The Bertz CT molecular complexity index is 1170. The Hall–Kier alpha value is -2.94. The fourth-order valence-electron chi connectivity index (χ4n) is 3.14. The van der Waals surface area contributed by atoms with Gasteiger partial charge in [0, 0.05) is 37.1 Å². The normalized spacial score (nSPS) is 13.8. The van der Waals surface area contributed by atoms with Crippen LogP contribution in [-0.2, 0) is 11.1 Å². The molecule has 3 aromatic rings. The molecule has 0 amide bonds. The maximum Gasteiger partial charge on any atom is 0.196 e. The average molecular weight is 409 g/mol. The minimum absolute atomic E-state index is 0.0663. The highest BCUT2D eigenvalue weighted by molar-refractivity contribution is 7.99. The zero-order valence-electron chi connectivity index (χ0n) is 14.3. The van der Waals surface area contributed by atoms with Crippen LogP contribution in [0.5, 0.6) is 0 Å². The fraction of sp³-hybridized carbons (Fsp3) is 0. The number of benzene rings is 3. The molecule has 0 heterocycles. The molecule has 0 fully saturated rings. The largest absolute Gasteiger partial charge is 0.768 e. The van der Waals surface area contributed by atoms with Gasteiger partial charge in [0.05, 0.1) is 11.3 Å². The third-order valence-electron chi connectivity index (χ3n) is 4.45. The summed E-state index contributed by atoms with van der Waals surface area (Å²) in [6.45, 7) is 0. The monoisotopic (exact) mass is 409 g/mol. The van der Waals surface area contributed by atoms with Crippen LogP contribution in [0.15, 0.2) is 69.3 Å². The molecule has 6 nitrogen and oxygen atoms in total. The number of ketones is 2. The van der Waals surface area contributed by atoms with E-state index in [4.69, 9.17) is 11.5 Å². The maximum absolute atomic E-state index is 13.2. The number of nitrogen functional groups attached to an aromatic ring is 2. The van der Waals surface area contributed by atoms with Gasteiger partial charge in [0.1, 0.15) is 0 Å². The van der Waals surface area contributed by atoms with E-state index in [9.17, 15) is 18.4 Å². The van der Waals surface area contributed by atoms with E-state index in [1.165, 1.54) is 23.9 Å². The number of nitrogens with two attached hydrogens (primary N) is 2. The molecule has 8 heteroatoms. The topological polar surface area (TPSA) is 126 Å². The Kier molecular flexibility index (Phi) is 4.54. The van der Waals surface area contributed by atoms with Crippen LogP contribution >= 0.6 is 11.8 Å². The van der Waals surface area contributed by atoms with Crippen LogP contribution in [0.1, 0.15) is 31.8 Å². The van der Waals surface area contributed by atoms with E-state index < -0.39 is 16.9 Å². The van der Waals surface area contributed by atoms with Crippen molar-refractivity contribution in [3.63, 3.8) is 0 Å². The zero-order valence-corrected chi connectivity index (χ0v) is 15.9. The van der Waals surface area contributed by atoms with Crippen LogP contribution in [0.25, 0.3) is 0 Å². The van der Waals surface area contributed by atoms with Gasteiger partial charge in [0.2, 0.25) is 0 Å². The second-order valence-corrected chi connectivity index (χ2v) is 8.17. The number of hydrogen-bond acceptors (Lipinski definition) is 7. The number of carbonyl (C=O) groups excluding carboxylic acids is 2. The summed E-state index contributed by atoms with van der Waals surface area (Å²) in [6, 6.07) is 14.6. The standard InChI is InChI=1S/C20H14N2O4S2/c21-10-5-7-11(8-6-10)27-14-9-15(28(25)26)18(22)17-16(14)19(23)12-3-1-2-4-13(12)20(17)24/h1-9H,21-22H2,(H,25,26)/p-1. The molecule has 1 aliphatic carbocycles. The molecule has 4 N–H and O–H groups in total. The van der Waals surface area contributed by atoms with Gasteiger partial charge < -0.3 is 16.0 Å². The first-order chi connectivity index (χ1) is 13.4. The molecule has 1 unspecified atom stereocenters. The Morgan fingerprint density at radius 2 is 1.43 bits per heavy atom.